The zero-order chi connectivity index (χ0) is 15.4. The summed E-state index contributed by atoms with van der Waals surface area (Å²) in [6, 6.07) is 9.78. The van der Waals surface area contributed by atoms with Gasteiger partial charge in [0.2, 0.25) is 0 Å². The third-order valence-electron chi connectivity index (χ3n) is 3.24. The minimum Gasteiger partial charge on any atom is -0.310 e. The highest BCUT2D eigenvalue weighted by atomic mass is 35.5. The molecular formula is C16H15Cl3FN. The lowest BCUT2D eigenvalue weighted by atomic mass is 9.98. The molecule has 0 radical (unpaired) electrons. The standard InChI is InChI=1S/C16H15Cl3FN/c1-2-21-15(12-4-3-5-14(18)16(12)19)9-10-8-11(20)6-7-13(10)17/h3-8,15,21H,2,9H2,1H3. The predicted octanol–water partition coefficient (Wildman–Crippen LogP) is 5.68. The number of halogens is 4. The van der Waals surface area contributed by atoms with Crippen molar-refractivity contribution in [1.82, 2.24) is 5.32 Å². The van der Waals surface area contributed by atoms with Crippen molar-refractivity contribution in [3.8, 4) is 0 Å². The summed E-state index contributed by atoms with van der Waals surface area (Å²) in [6.45, 7) is 2.75. The summed E-state index contributed by atoms with van der Waals surface area (Å²) in [7, 11) is 0. The Balaban J connectivity index is 2.35. The zero-order valence-corrected chi connectivity index (χ0v) is 13.7. The second-order valence-electron chi connectivity index (χ2n) is 4.69. The first-order valence-electron chi connectivity index (χ1n) is 6.64. The average Bonchev–Trinajstić information content (AvgIpc) is 2.45. The number of hydrogen-bond acceptors (Lipinski definition) is 1. The molecule has 0 aliphatic carbocycles. The van der Waals surface area contributed by atoms with Crippen LogP contribution in [0, 0.1) is 5.82 Å². The van der Waals surface area contributed by atoms with Crippen LogP contribution in [0.5, 0.6) is 0 Å². The molecule has 0 saturated heterocycles. The van der Waals surface area contributed by atoms with Crippen LogP contribution in [-0.4, -0.2) is 6.54 Å². The Hall–Kier alpha value is -0.800. The van der Waals surface area contributed by atoms with Gasteiger partial charge in [0, 0.05) is 11.1 Å². The molecule has 5 heteroatoms. The van der Waals surface area contributed by atoms with E-state index in [0.717, 1.165) is 17.7 Å². The quantitative estimate of drug-likeness (QED) is 0.734. The average molecular weight is 347 g/mol. The van der Waals surface area contributed by atoms with Crippen molar-refractivity contribution >= 4 is 34.8 Å². The van der Waals surface area contributed by atoms with Crippen molar-refractivity contribution in [1.29, 1.82) is 0 Å². The highest BCUT2D eigenvalue weighted by Crippen LogP contribution is 2.32. The van der Waals surface area contributed by atoms with Gasteiger partial charge in [-0.15, -0.1) is 0 Å². The third-order valence-corrected chi connectivity index (χ3v) is 4.44. The molecule has 1 N–H and O–H groups in total. The number of nitrogens with one attached hydrogen (secondary N) is 1. The van der Waals surface area contributed by atoms with E-state index in [9.17, 15) is 4.39 Å². The fourth-order valence-electron chi connectivity index (χ4n) is 2.25. The Labute approximate surface area is 139 Å². The fourth-order valence-corrected chi connectivity index (χ4v) is 2.88. The summed E-state index contributed by atoms with van der Waals surface area (Å²) in [6.07, 6.45) is 0.532. The van der Waals surface area contributed by atoms with Crippen molar-refractivity contribution < 1.29 is 4.39 Å². The summed E-state index contributed by atoms with van der Waals surface area (Å²) in [5.41, 5.74) is 1.62. The topological polar surface area (TPSA) is 12.0 Å². The van der Waals surface area contributed by atoms with Crippen LogP contribution in [0.3, 0.4) is 0 Å². The van der Waals surface area contributed by atoms with Crippen LogP contribution in [0.15, 0.2) is 36.4 Å². The first-order chi connectivity index (χ1) is 10.0. The van der Waals surface area contributed by atoms with Crippen LogP contribution in [0.4, 0.5) is 4.39 Å². The maximum atomic E-state index is 13.4. The Bertz CT molecular complexity index is 631. The van der Waals surface area contributed by atoms with Gasteiger partial charge < -0.3 is 5.32 Å². The van der Waals surface area contributed by atoms with E-state index in [1.54, 1.807) is 12.1 Å². The largest absolute Gasteiger partial charge is 0.310 e. The maximum absolute atomic E-state index is 13.4. The molecular weight excluding hydrogens is 332 g/mol. The Kier molecular flexibility index (Phi) is 5.88. The van der Waals surface area contributed by atoms with Gasteiger partial charge in [-0.3, -0.25) is 0 Å². The summed E-state index contributed by atoms with van der Waals surface area (Å²) in [4.78, 5) is 0. The van der Waals surface area contributed by atoms with Crippen molar-refractivity contribution in [3.05, 3.63) is 68.4 Å². The number of benzene rings is 2. The van der Waals surface area contributed by atoms with E-state index in [1.165, 1.54) is 12.1 Å². The smallest absolute Gasteiger partial charge is 0.123 e. The van der Waals surface area contributed by atoms with E-state index in [0.29, 0.717) is 21.5 Å². The molecule has 0 aliphatic rings. The van der Waals surface area contributed by atoms with Crippen LogP contribution < -0.4 is 5.32 Å². The third kappa shape index (κ3) is 4.10. The van der Waals surface area contributed by atoms with E-state index >= 15 is 0 Å². The van der Waals surface area contributed by atoms with Gasteiger partial charge in [-0.2, -0.15) is 0 Å². The Morgan fingerprint density at radius 1 is 1.10 bits per heavy atom. The summed E-state index contributed by atoms with van der Waals surface area (Å²) in [5.74, 6) is -0.304. The normalized spacial score (nSPS) is 12.4. The second-order valence-corrected chi connectivity index (χ2v) is 5.89. The molecule has 1 atom stereocenters. The van der Waals surface area contributed by atoms with Gasteiger partial charge in [0.1, 0.15) is 5.82 Å². The minimum absolute atomic E-state index is 0.0829. The van der Waals surface area contributed by atoms with Crippen LogP contribution in [0.25, 0.3) is 0 Å². The highest BCUT2D eigenvalue weighted by Gasteiger charge is 2.17. The molecule has 2 aromatic carbocycles. The highest BCUT2D eigenvalue weighted by molar-refractivity contribution is 6.42. The Morgan fingerprint density at radius 3 is 2.57 bits per heavy atom. The molecule has 2 rings (SSSR count). The zero-order valence-electron chi connectivity index (χ0n) is 11.5. The summed E-state index contributed by atoms with van der Waals surface area (Å²) >= 11 is 18.5. The van der Waals surface area contributed by atoms with E-state index in [4.69, 9.17) is 34.8 Å². The molecule has 21 heavy (non-hydrogen) atoms. The van der Waals surface area contributed by atoms with Crippen LogP contribution >= 0.6 is 34.8 Å². The summed E-state index contributed by atoms with van der Waals surface area (Å²) in [5, 5.41) is 4.89. The minimum atomic E-state index is -0.304. The monoisotopic (exact) mass is 345 g/mol. The Morgan fingerprint density at radius 2 is 1.86 bits per heavy atom. The molecule has 2 aromatic rings. The summed E-state index contributed by atoms with van der Waals surface area (Å²) < 4.78 is 13.4. The molecule has 0 bridgehead atoms. The first kappa shape index (κ1) is 16.6. The molecule has 0 fully saturated rings. The van der Waals surface area contributed by atoms with Gasteiger partial charge in [0.05, 0.1) is 10.0 Å². The van der Waals surface area contributed by atoms with Gasteiger partial charge in [-0.25, -0.2) is 4.39 Å². The van der Waals surface area contributed by atoms with E-state index in [-0.39, 0.29) is 11.9 Å². The molecule has 112 valence electrons. The van der Waals surface area contributed by atoms with Crippen LogP contribution in [0.1, 0.15) is 24.1 Å². The lowest BCUT2D eigenvalue weighted by Crippen LogP contribution is -2.23. The number of likely N-dealkylation sites (N-methyl/N-ethyl adjacent to an activating group) is 1. The molecule has 0 heterocycles. The molecule has 0 aromatic heterocycles. The van der Waals surface area contributed by atoms with Gasteiger partial charge in [0.15, 0.2) is 0 Å². The van der Waals surface area contributed by atoms with E-state index in [1.807, 2.05) is 19.1 Å². The van der Waals surface area contributed by atoms with Gasteiger partial charge in [-0.1, -0.05) is 53.9 Å². The molecule has 1 nitrogen and oxygen atoms in total. The van der Waals surface area contributed by atoms with Crippen LogP contribution in [-0.2, 0) is 6.42 Å². The molecule has 0 saturated carbocycles. The van der Waals surface area contributed by atoms with Gasteiger partial charge in [-0.05, 0) is 48.4 Å². The number of hydrogen-bond donors (Lipinski definition) is 1. The van der Waals surface area contributed by atoms with E-state index < -0.39 is 0 Å². The van der Waals surface area contributed by atoms with Crippen molar-refractivity contribution in [2.24, 2.45) is 0 Å². The lowest BCUT2D eigenvalue weighted by molar-refractivity contribution is 0.547. The van der Waals surface area contributed by atoms with Crippen molar-refractivity contribution in [2.45, 2.75) is 19.4 Å². The van der Waals surface area contributed by atoms with Crippen molar-refractivity contribution in [2.75, 3.05) is 6.54 Å². The SMILES string of the molecule is CCNC(Cc1cc(F)ccc1Cl)c1cccc(Cl)c1Cl. The van der Waals surface area contributed by atoms with Crippen LogP contribution in [0.2, 0.25) is 15.1 Å². The van der Waals surface area contributed by atoms with Crippen molar-refractivity contribution in [3.63, 3.8) is 0 Å². The maximum Gasteiger partial charge on any atom is 0.123 e. The second kappa shape index (κ2) is 7.46. The molecule has 0 aliphatic heterocycles. The van der Waals surface area contributed by atoms with Gasteiger partial charge in [0.25, 0.3) is 0 Å². The molecule has 0 spiro atoms. The predicted molar refractivity (Wildman–Crippen MR) is 88.0 cm³/mol. The number of rotatable bonds is 5. The first-order valence-corrected chi connectivity index (χ1v) is 7.77. The molecule has 1 unspecified atom stereocenters. The van der Waals surface area contributed by atoms with E-state index in [2.05, 4.69) is 5.32 Å². The lowest BCUT2D eigenvalue weighted by Gasteiger charge is -2.21. The fraction of sp³-hybridized carbons (Fsp3) is 0.250. The van der Waals surface area contributed by atoms with Gasteiger partial charge >= 0.3 is 0 Å². The molecule has 0 amide bonds.